The van der Waals surface area contributed by atoms with Gasteiger partial charge in [0.2, 0.25) is 0 Å². The Balaban J connectivity index is 1.95. The van der Waals surface area contributed by atoms with E-state index < -0.39 is 9.84 Å². The number of amides is 1. The maximum atomic E-state index is 11.9. The number of hydrogen-bond donors (Lipinski definition) is 1. The van der Waals surface area contributed by atoms with Gasteiger partial charge in [0.25, 0.3) is 5.91 Å². The summed E-state index contributed by atoms with van der Waals surface area (Å²) in [7, 11) is -2.91. The van der Waals surface area contributed by atoms with Crippen LogP contribution in [0.2, 0.25) is 5.02 Å². The lowest BCUT2D eigenvalue weighted by atomic mass is 10.1. The maximum Gasteiger partial charge on any atom is 0.252 e. The molecule has 0 aromatic heterocycles. The second-order valence-electron chi connectivity index (χ2n) is 4.60. The van der Waals surface area contributed by atoms with Crippen LogP contribution < -0.4 is 5.32 Å². The fourth-order valence-electron chi connectivity index (χ4n) is 2.04. The maximum absolute atomic E-state index is 11.9. The first-order valence-electron chi connectivity index (χ1n) is 5.81. The van der Waals surface area contributed by atoms with Crippen LogP contribution in [-0.2, 0) is 9.84 Å². The van der Waals surface area contributed by atoms with Gasteiger partial charge in [-0.1, -0.05) is 27.5 Å². The fraction of sp³-hybridized carbons (Fsp3) is 0.417. The third-order valence-corrected chi connectivity index (χ3v) is 5.70. The van der Waals surface area contributed by atoms with E-state index in [1.165, 1.54) is 0 Å². The second kappa shape index (κ2) is 5.81. The first kappa shape index (κ1) is 14.8. The van der Waals surface area contributed by atoms with Gasteiger partial charge < -0.3 is 5.32 Å². The van der Waals surface area contributed by atoms with Crippen molar-refractivity contribution < 1.29 is 13.2 Å². The molecule has 0 bridgehead atoms. The van der Waals surface area contributed by atoms with Gasteiger partial charge in [0.05, 0.1) is 22.1 Å². The molecule has 0 aliphatic carbocycles. The molecule has 1 aliphatic rings. The van der Waals surface area contributed by atoms with Gasteiger partial charge in [-0.2, -0.15) is 0 Å². The number of hydrogen-bond acceptors (Lipinski definition) is 3. The summed E-state index contributed by atoms with van der Waals surface area (Å²) in [6, 6.07) is 5.02. The Hall–Kier alpha value is -0.590. The van der Waals surface area contributed by atoms with Crippen molar-refractivity contribution in [1.82, 2.24) is 5.32 Å². The Morgan fingerprint density at radius 2 is 2.21 bits per heavy atom. The van der Waals surface area contributed by atoms with Crippen LogP contribution in [0.15, 0.2) is 22.7 Å². The molecule has 1 saturated heterocycles. The van der Waals surface area contributed by atoms with E-state index in [1.54, 1.807) is 18.2 Å². The third-order valence-electron chi connectivity index (χ3n) is 3.05. The lowest BCUT2D eigenvalue weighted by Gasteiger charge is -2.10. The molecule has 1 N–H and O–H groups in total. The molecule has 7 heteroatoms. The number of nitrogens with one attached hydrogen (secondary N) is 1. The van der Waals surface area contributed by atoms with Crippen molar-refractivity contribution in [2.75, 3.05) is 18.1 Å². The van der Waals surface area contributed by atoms with E-state index in [0.29, 0.717) is 23.6 Å². The lowest BCUT2D eigenvalue weighted by Crippen LogP contribution is -2.30. The highest BCUT2D eigenvalue weighted by Crippen LogP contribution is 2.22. The van der Waals surface area contributed by atoms with E-state index in [1.807, 2.05) is 0 Å². The van der Waals surface area contributed by atoms with Crippen molar-refractivity contribution in [3.8, 4) is 0 Å². The number of benzene rings is 1. The molecule has 1 aliphatic heterocycles. The predicted molar refractivity (Wildman–Crippen MR) is 78.2 cm³/mol. The molecule has 19 heavy (non-hydrogen) atoms. The van der Waals surface area contributed by atoms with Crippen LogP contribution >= 0.6 is 27.5 Å². The van der Waals surface area contributed by atoms with Crippen LogP contribution in [0, 0.1) is 5.92 Å². The largest absolute Gasteiger partial charge is 0.352 e. The summed E-state index contributed by atoms with van der Waals surface area (Å²) in [5.41, 5.74) is 0.394. The molecule has 0 spiro atoms. The molecule has 2 rings (SSSR count). The van der Waals surface area contributed by atoms with E-state index >= 15 is 0 Å². The number of carbonyl (C=O) groups excluding carboxylic acids is 1. The monoisotopic (exact) mass is 365 g/mol. The molecule has 4 nitrogen and oxygen atoms in total. The van der Waals surface area contributed by atoms with E-state index in [-0.39, 0.29) is 23.3 Å². The van der Waals surface area contributed by atoms with E-state index in [0.717, 1.165) is 4.47 Å². The molecule has 0 saturated carbocycles. The number of halogens is 2. The van der Waals surface area contributed by atoms with E-state index in [9.17, 15) is 13.2 Å². The van der Waals surface area contributed by atoms with Gasteiger partial charge >= 0.3 is 0 Å². The van der Waals surface area contributed by atoms with Gasteiger partial charge in [-0.05, 0) is 30.5 Å². The van der Waals surface area contributed by atoms with Crippen molar-refractivity contribution in [1.29, 1.82) is 0 Å². The minimum Gasteiger partial charge on any atom is -0.352 e. The zero-order chi connectivity index (χ0) is 14.0. The SMILES string of the molecule is O=C(NCC1CCS(=O)(=O)C1)c1ccc(Br)cc1Cl. The smallest absolute Gasteiger partial charge is 0.252 e. The van der Waals surface area contributed by atoms with Gasteiger partial charge in [0.15, 0.2) is 9.84 Å². The Labute approximate surface area is 125 Å². The Bertz CT molecular complexity index is 603. The molecule has 1 amide bonds. The lowest BCUT2D eigenvalue weighted by molar-refractivity contribution is 0.0948. The summed E-state index contributed by atoms with van der Waals surface area (Å²) in [6.45, 7) is 0.366. The second-order valence-corrected chi connectivity index (χ2v) is 8.15. The molecular weight excluding hydrogens is 354 g/mol. The van der Waals surface area contributed by atoms with Crippen molar-refractivity contribution in [2.45, 2.75) is 6.42 Å². The Kier molecular flexibility index (Phi) is 4.53. The van der Waals surface area contributed by atoms with Crippen LogP contribution in [0.5, 0.6) is 0 Å². The van der Waals surface area contributed by atoms with Gasteiger partial charge in [-0.25, -0.2) is 8.42 Å². The molecule has 1 fully saturated rings. The predicted octanol–water partition coefficient (Wildman–Crippen LogP) is 2.27. The van der Waals surface area contributed by atoms with Crippen LogP contribution in [0.25, 0.3) is 0 Å². The normalized spacial score (nSPS) is 21.3. The van der Waals surface area contributed by atoms with Gasteiger partial charge in [-0.3, -0.25) is 4.79 Å². The zero-order valence-corrected chi connectivity index (χ0v) is 13.2. The third kappa shape index (κ3) is 3.94. The fourth-order valence-corrected chi connectivity index (χ4v) is 4.66. The van der Waals surface area contributed by atoms with Crippen LogP contribution in [0.3, 0.4) is 0 Å². The molecular formula is C12H13BrClNO3S. The van der Waals surface area contributed by atoms with Crippen molar-refractivity contribution in [3.05, 3.63) is 33.3 Å². The minimum absolute atomic E-state index is 0.00294. The highest BCUT2D eigenvalue weighted by Gasteiger charge is 2.28. The first-order chi connectivity index (χ1) is 8.87. The molecule has 0 radical (unpaired) electrons. The minimum atomic E-state index is -2.91. The average molecular weight is 367 g/mol. The van der Waals surface area contributed by atoms with Gasteiger partial charge in [0, 0.05) is 11.0 Å². The number of rotatable bonds is 3. The van der Waals surface area contributed by atoms with Crippen LogP contribution in [0.4, 0.5) is 0 Å². The summed E-state index contributed by atoms with van der Waals surface area (Å²) in [6.07, 6.45) is 0.608. The van der Waals surface area contributed by atoms with Crippen LogP contribution in [-0.4, -0.2) is 32.4 Å². The van der Waals surface area contributed by atoms with Gasteiger partial charge in [-0.15, -0.1) is 0 Å². The molecule has 1 aromatic carbocycles. The quantitative estimate of drug-likeness (QED) is 0.892. The van der Waals surface area contributed by atoms with Crippen molar-refractivity contribution >= 4 is 43.3 Å². The Morgan fingerprint density at radius 1 is 1.47 bits per heavy atom. The summed E-state index contributed by atoms with van der Waals surface area (Å²) < 4.78 is 23.4. The number of carbonyl (C=O) groups is 1. The summed E-state index contributed by atoms with van der Waals surface area (Å²) in [5.74, 6) is 0.0958. The molecule has 1 heterocycles. The topological polar surface area (TPSA) is 63.2 Å². The standard InChI is InChI=1S/C12H13BrClNO3S/c13-9-1-2-10(11(14)5-9)12(16)15-6-8-3-4-19(17,18)7-8/h1-2,5,8H,3-4,6-7H2,(H,15,16). The Morgan fingerprint density at radius 3 is 2.79 bits per heavy atom. The van der Waals surface area contributed by atoms with Crippen LogP contribution in [0.1, 0.15) is 16.8 Å². The summed E-state index contributed by atoms with van der Waals surface area (Å²) >= 11 is 9.25. The summed E-state index contributed by atoms with van der Waals surface area (Å²) in [4.78, 5) is 11.9. The van der Waals surface area contributed by atoms with Gasteiger partial charge in [0.1, 0.15) is 0 Å². The summed E-state index contributed by atoms with van der Waals surface area (Å²) in [5, 5.41) is 3.10. The van der Waals surface area contributed by atoms with E-state index in [4.69, 9.17) is 11.6 Å². The molecule has 104 valence electrons. The highest BCUT2D eigenvalue weighted by atomic mass is 79.9. The first-order valence-corrected chi connectivity index (χ1v) is 8.80. The molecule has 1 unspecified atom stereocenters. The molecule has 1 atom stereocenters. The average Bonchev–Trinajstić information content (AvgIpc) is 2.66. The van der Waals surface area contributed by atoms with Crippen molar-refractivity contribution in [3.63, 3.8) is 0 Å². The van der Waals surface area contributed by atoms with E-state index in [2.05, 4.69) is 21.2 Å². The zero-order valence-electron chi connectivity index (χ0n) is 10.0. The highest BCUT2D eigenvalue weighted by molar-refractivity contribution is 9.10. The number of sulfone groups is 1. The molecule has 1 aromatic rings. The van der Waals surface area contributed by atoms with Crippen molar-refractivity contribution in [2.24, 2.45) is 5.92 Å².